The molecule has 1 heterocycles. The van der Waals surface area contributed by atoms with E-state index in [0.717, 1.165) is 11.1 Å². The van der Waals surface area contributed by atoms with Crippen LogP contribution in [0, 0.1) is 0 Å². The number of rotatable bonds is 5. The number of amides is 1. The molecule has 1 aliphatic rings. The van der Waals surface area contributed by atoms with Crippen molar-refractivity contribution in [2.75, 3.05) is 5.32 Å². The summed E-state index contributed by atoms with van der Waals surface area (Å²) >= 11 is 1.31. The molecule has 1 amide bonds. The summed E-state index contributed by atoms with van der Waals surface area (Å²) < 4.78 is 24.9. The molecule has 0 fully saturated rings. The Hall–Kier alpha value is -2.77. The predicted octanol–water partition coefficient (Wildman–Crippen LogP) is 3.70. The zero-order valence-corrected chi connectivity index (χ0v) is 15.9. The zero-order valence-electron chi connectivity index (χ0n) is 14.3. The van der Waals surface area contributed by atoms with Gasteiger partial charge in [0.2, 0.25) is 0 Å². The summed E-state index contributed by atoms with van der Waals surface area (Å²) in [7, 11) is -3.46. The van der Waals surface area contributed by atoms with E-state index in [1.165, 1.54) is 23.5 Å². The van der Waals surface area contributed by atoms with Gasteiger partial charge < -0.3 is 5.32 Å². The van der Waals surface area contributed by atoms with Crippen molar-refractivity contribution in [2.24, 2.45) is 0 Å². The maximum absolute atomic E-state index is 12.5. The molecule has 4 rings (SSSR count). The Morgan fingerprint density at radius 2 is 1.89 bits per heavy atom. The number of carbonyl (C=O) groups excluding carboxylic acids is 1. The van der Waals surface area contributed by atoms with Gasteiger partial charge in [0.1, 0.15) is 10.8 Å². The molecule has 0 atom stereocenters. The van der Waals surface area contributed by atoms with E-state index in [1.807, 2.05) is 30.3 Å². The fraction of sp³-hybridized carbons (Fsp3) is 0.100. The molecule has 0 radical (unpaired) electrons. The third-order valence-electron chi connectivity index (χ3n) is 4.33. The van der Waals surface area contributed by atoms with Gasteiger partial charge in [-0.15, -0.1) is 11.3 Å². The molecule has 0 saturated carbocycles. The van der Waals surface area contributed by atoms with E-state index in [-0.39, 0.29) is 16.6 Å². The molecule has 3 aromatic rings. The van der Waals surface area contributed by atoms with E-state index in [9.17, 15) is 13.2 Å². The molecule has 27 heavy (non-hydrogen) atoms. The van der Waals surface area contributed by atoms with Crippen molar-refractivity contribution < 1.29 is 13.2 Å². The Kier molecular flexibility index (Phi) is 4.63. The van der Waals surface area contributed by atoms with Crippen molar-refractivity contribution in [1.82, 2.24) is 4.98 Å². The first-order valence-electron chi connectivity index (χ1n) is 8.32. The largest absolute Gasteiger partial charge is 0.322 e. The minimum atomic E-state index is -3.46. The molecule has 5 nitrogen and oxygen atoms in total. The topological polar surface area (TPSA) is 76.1 Å². The van der Waals surface area contributed by atoms with Crippen molar-refractivity contribution in [3.8, 4) is 0 Å². The lowest BCUT2D eigenvalue weighted by molar-refractivity contribution is -0.112. The van der Waals surface area contributed by atoms with Crippen molar-refractivity contribution >= 4 is 38.8 Å². The smallest absolute Gasteiger partial charge is 0.251 e. The van der Waals surface area contributed by atoms with Crippen LogP contribution in [0.15, 0.2) is 70.6 Å². The first kappa shape index (κ1) is 17.6. The Morgan fingerprint density at radius 1 is 1.11 bits per heavy atom. The summed E-state index contributed by atoms with van der Waals surface area (Å²) in [5, 5.41) is 5.14. The van der Waals surface area contributed by atoms with Crippen LogP contribution >= 0.6 is 11.3 Å². The molecule has 136 valence electrons. The van der Waals surface area contributed by atoms with Crippen molar-refractivity contribution in [1.29, 1.82) is 0 Å². The summed E-state index contributed by atoms with van der Waals surface area (Å²) in [6.45, 7) is 0. The minimum Gasteiger partial charge on any atom is -0.322 e. The molecule has 0 aliphatic heterocycles. The maximum Gasteiger partial charge on any atom is 0.251 e. The third kappa shape index (κ3) is 3.84. The Morgan fingerprint density at radius 3 is 2.59 bits per heavy atom. The number of hydrogen-bond donors (Lipinski definition) is 1. The number of thiazole rings is 1. The summed E-state index contributed by atoms with van der Waals surface area (Å²) in [6, 6.07) is 14.1. The SMILES string of the molecule is O=C(Nc1ccc(S(=O)(=O)Cc2nccs2)cc1)C1=Cc2ccccc2C1. The molecule has 2 aromatic carbocycles. The molecule has 0 saturated heterocycles. The van der Waals surface area contributed by atoms with Crippen molar-refractivity contribution in [2.45, 2.75) is 17.1 Å². The summed E-state index contributed by atoms with van der Waals surface area (Å²) in [5.74, 6) is -0.300. The summed E-state index contributed by atoms with van der Waals surface area (Å²) in [5.41, 5.74) is 3.44. The van der Waals surface area contributed by atoms with E-state index in [2.05, 4.69) is 10.3 Å². The van der Waals surface area contributed by atoms with E-state index >= 15 is 0 Å². The van der Waals surface area contributed by atoms with Gasteiger partial charge in [-0.05, 0) is 41.5 Å². The van der Waals surface area contributed by atoms with Crippen molar-refractivity contribution in [3.05, 3.63) is 81.8 Å². The predicted molar refractivity (Wildman–Crippen MR) is 106 cm³/mol. The van der Waals surface area contributed by atoms with Crippen LogP contribution in [0.1, 0.15) is 16.1 Å². The fourth-order valence-electron chi connectivity index (χ4n) is 2.95. The van der Waals surface area contributed by atoms with Gasteiger partial charge in [0.15, 0.2) is 9.84 Å². The van der Waals surface area contributed by atoms with E-state index in [1.54, 1.807) is 23.7 Å². The van der Waals surface area contributed by atoms with Crippen LogP contribution in [-0.4, -0.2) is 19.3 Å². The quantitative estimate of drug-likeness (QED) is 0.714. The van der Waals surface area contributed by atoms with E-state index in [0.29, 0.717) is 22.7 Å². The molecular formula is C20H16N2O3S2. The van der Waals surface area contributed by atoms with Gasteiger partial charge >= 0.3 is 0 Å². The van der Waals surface area contributed by atoms with Gasteiger partial charge in [-0.2, -0.15) is 0 Å². The number of nitrogens with one attached hydrogen (secondary N) is 1. The first-order chi connectivity index (χ1) is 13.0. The molecule has 1 aliphatic carbocycles. The first-order valence-corrected chi connectivity index (χ1v) is 10.9. The van der Waals surface area contributed by atoms with Crippen LogP contribution in [0.3, 0.4) is 0 Å². The van der Waals surface area contributed by atoms with Crippen LogP contribution in [0.5, 0.6) is 0 Å². The van der Waals surface area contributed by atoms with E-state index < -0.39 is 9.84 Å². The number of carbonyl (C=O) groups is 1. The molecule has 0 spiro atoms. The monoisotopic (exact) mass is 396 g/mol. The number of hydrogen-bond acceptors (Lipinski definition) is 5. The minimum absolute atomic E-state index is 0.123. The van der Waals surface area contributed by atoms with Crippen molar-refractivity contribution in [3.63, 3.8) is 0 Å². The van der Waals surface area contributed by atoms with Gasteiger partial charge in [-0.1, -0.05) is 24.3 Å². The Bertz CT molecular complexity index is 1120. The van der Waals surface area contributed by atoms with Gasteiger partial charge in [0, 0.05) is 29.3 Å². The highest BCUT2D eigenvalue weighted by Gasteiger charge is 2.19. The van der Waals surface area contributed by atoms with Crippen LogP contribution in [0.25, 0.3) is 6.08 Å². The van der Waals surface area contributed by atoms with Gasteiger partial charge in [-0.3, -0.25) is 4.79 Å². The number of anilines is 1. The number of sulfone groups is 1. The highest BCUT2D eigenvalue weighted by atomic mass is 32.2. The standard InChI is InChI=1S/C20H16N2O3S2/c23-20(16-11-14-3-1-2-4-15(14)12-16)22-17-5-7-18(8-6-17)27(24,25)13-19-21-9-10-26-19/h1-11H,12-13H2,(H,22,23). The molecule has 7 heteroatoms. The Labute approximate surface area is 161 Å². The summed E-state index contributed by atoms with van der Waals surface area (Å²) in [4.78, 5) is 16.7. The lowest BCUT2D eigenvalue weighted by Gasteiger charge is -2.07. The lowest BCUT2D eigenvalue weighted by atomic mass is 10.1. The number of aromatic nitrogens is 1. The third-order valence-corrected chi connectivity index (χ3v) is 6.93. The highest BCUT2D eigenvalue weighted by Crippen LogP contribution is 2.26. The Balaban J connectivity index is 1.45. The second-order valence-corrected chi connectivity index (χ2v) is 9.18. The molecule has 0 bridgehead atoms. The van der Waals surface area contributed by atoms with Gasteiger partial charge in [0.05, 0.1) is 4.90 Å². The van der Waals surface area contributed by atoms with Gasteiger partial charge in [0.25, 0.3) is 5.91 Å². The number of benzene rings is 2. The molecule has 1 aromatic heterocycles. The van der Waals surface area contributed by atoms with Gasteiger partial charge in [-0.25, -0.2) is 13.4 Å². The molecule has 0 unspecified atom stereocenters. The second kappa shape index (κ2) is 7.09. The molecular weight excluding hydrogens is 380 g/mol. The maximum atomic E-state index is 12.5. The van der Waals surface area contributed by atoms with Crippen LogP contribution in [0.4, 0.5) is 5.69 Å². The highest BCUT2D eigenvalue weighted by molar-refractivity contribution is 7.90. The van der Waals surface area contributed by atoms with Crippen LogP contribution < -0.4 is 5.32 Å². The van der Waals surface area contributed by atoms with Crippen LogP contribution in [-0.2, 0) is 26.8 Å². The normalized spacial score (nSPS) is 13.1. The zero-order chi connectivity index (χ0) is 18.9. The second-order valence-electron chi connectivity index (χ2n) is 6.21. The number of fused-ring (bicyclic) bond motifs is 1. The lowest BCUT2D eigenvalue weighted by Crippen LogP contribution is -2.14. The van der Waals surface area contributed by atoms with E-state index in [4.69, 9.17) is 0 Å². The average Bonchev–Trinajstić information content (AvgIpc) is 3.31. The molecule has 1 N–H and O–H groups in total. The number of nitrogens with zero attached hydrogens (tertiary/aromatic N) is 1. The average molecular weight is 396 g/mol. The fourth-order valence-corrected chi connectivity index (χ4v) is 5.21. The summed E-state index contributed by atoms with van der Waals surface area (Å²) in [6.07, 6.45) is 4.07. The van der Waals surface area contributed by atoms with Crippen LogP contribution in [0.2, 0.25) is 0 Å².